The van der Waals surface area contributed by atoms with Crippen LogP contribution in [-0.4, -0.2) is 47.9 Å². The Bertz CT molecular complexity index is 866. The molecule has 0 radical (unpaired) electrons. The van der Waals surface area contributed by atoms with E-state index in [-0.39, 0.29) is 5.04 Å². The van der Waals surface area contributed by atoms with Gasteiger partial charge in [0.2, 0.25) is 0 Å². The van der Waals surface area contributed by atoms with E-state index in [1.807, 2.05) is 12.1 Å². The monoisotopic (exact) mass is 492 g/mol. The van der Waals surface area contributed by atoms with Crippen LogP contribution in [0.1, 0.15) is 40.0 Å². The molecule has 0 heterocycles. The first-order chi connectivity index (χ1) is 15.7. The standard InChI is InChI=1S/C25H37O6PSi/c1-25(2,3)33(21-15-9-7-10-16-21,22-17-11-8-12-18-22)31-20-14-13-19-23(24(26)28-4)32(27,29-5)30-6/h7-12,15-18,23H,13-14,19-20H2,1-6H3. The summed E-state index contributed by atoms with van der Waals surface area (Å²) < 4.78 is 34.6. The van der Waals surface area contributed by atoms with E-state index in [1.165, 1.54) is 31.7 Å². The van der Waals surface area contributed by atoms with Crippen LogP contribution in [0.3, 0.4) is 0 Å². The van der Waals surface area contributed by atoms with Gasteiger partial charge in [0, 0.05) is 20.8 Å². The van der Waals surface area contributed by atoms with Gasteiger partial charge in [-0.3, -0.25) is 9.36 Å². The van der Waals surface area contributed by atoms with Gasteiger partial charge in [0.25, 0.3) is 8.32 Å². The summed E-state index contributed by atoms with van der Waals surface area (Å²) in [5.41, 5.74) is -0.953. The number of carbonyl (C=O) groups excluding carboxylic acids is 1. The summed E-state index contributed by atoms with van der Waals surface area (Å²) in [6, 6.07) is 20.9. The minimum absolute atomic E-state index is 0.105. The molecule has 0 amide bonds. The fourth-order valence-electron chi connectivity index (χ4n) is 4.30. The van der Waals surface area contributed by atoms with Crippen molar-refractivity contribution in [3.8, 4) is 0 Å². The number of ether oxygens (including phenoxy) is 1. The van der Waals surface area contributed by atoms with Crippen molar-refractivity contribution in [2.24, 2.45) is 0 Å². The predicted molar refractivity (Wildman–Crippen MR) is 135 cm³/mol. The van der Waals surface area contributed by atoms with Gasteiger partial charge in [-0.1, -0.05) is 81.4 Å². The first-order valence-electron chi connectivity index (χ1n) is 11.2. The van der Waals surface area contributed by atoms with Gasteiger partial charge in [-0.15, -0.1) is 0 Å². The van der Waals surface area contributed by atoms with E-state index in [0.717, 1.165) is 0 Å². The first kappa shape index (κ1) is 27.5. The summed E-state index contributed by atoms with van der Waals surface area (Å²) in [5.74, 6) is -0.588. The molecule has 2 rings (SSSR count). The highest BCUT2D eigenvalue weighted by Crippen LogP contribution is 2.53. The molecule has 0 saturated carbocycles. The van der Waals surface area contributed by atoms with Gasteiger partial charge in [0.1, 0.15) is 0 Å². The molecular weight excluding hydrogens is 455 g/mol. The molecule has 0 N–H and O–H groups in total. The summed E-state index contributed by atoms with van der Waals surface area (Å²) in [7, 11) is -2.33. The topological polar surface area (TPSA) is 71.1 Å². The third kappa shape index (κ3) is 6.22. The Labute approximate surface area is 199 Å². The molecule has 2 aromatic carbocycles. The van der Waals surface area contributed by atoms with Crippen LogP contribution in [0.25, 0.3) is 0 Å². The third-order valence-electron chi connectivity index (χ3n) is 5.97. The zero-order valence-corrected chi connectivity index (χ0v) is 22.5. The molecule has 0 bridgehead atoms. The average Bonchev–Trinajstić information content (AvgIpc) is 2.83. The van der Waals surface area contributed by atoms with Gasteiger partial charge in [-0.2, -0.15) is 0 Å². The van der Waals surface area contributed by atoms with Crippen LogP contribution in [-0.2, 0) is 27.6 Å². The van der Waals surface area contributed by atoms with Gasteiger partial charge in [-0.25, -0.2) is 0 Å². The minimum Gasteiger partial charge on any atom is -0.468 e. The Kier molecular flexibility index (Phi) is 10.1. The highest BCUT2D eigenvalue weighted by atomic mass is 31.2. The Morgan fingerprint density at radius 2 is 1.36 bits per heavy atom. The Hall–Kier alpha value is -1.76. The van der Waals surface area contributed by atoms with Crippen molar-refractivity contribution >= 4 is 32.3 Å². The SMILES string of the molecule is COC(=O)C(CCCCO[Si](c1ccccc1)(c1ccccc1)C(C)(C)C)P(=O)(OC)OC. The highest BCUT2D eigenvalue weighted by Gasteiger charge is 2.50. The van der Waals surface area contributed by atoms with Crippen LogP contribution in [0.5, 0.6) is 0 Å². The minimum atomic E-state index is -3.57. The van der Waals surface area contributed by atoms with Gasteiger partial charge >= 0.3 is 13.6 Å². The molecule has 182 valence electrons. The fourth-order valence-corrected chi connectivity index (χ4v) is 10.4. The third-order valence-corrected chi connectivity index (χ3v) is 13.3. The molecule has 2 aromatic rings. The van der Waals surface area contributed by atoms with E-state index in [0.29, 0.717) is 25.9 Å². The molecule has 0 fully saturated rings. The Morgan fingerprint density at radius 1 is 0.879 bits per heavy atom. The van der Waals surface area contributed by atoms with E-state index < -0.39 is 27.5 Å². The van der Waals surface area contributed by atoms with Crippen LogP contribution in [0.4, 0.5) is 0 Å². The largest absolute Gasteiger partial charge is 0.468 e. The first-order valence-corrected chi connectivity index (χ1v) is 14.7. The maximum absolute atomic E-state index is 12.8. The van der Waals surface area contributed by atoms with Crippen molar-refractivity contribution in [3.63, 3.8) is 0 Å². The van der Waals surface area contributed by atoms with Crippen LogP contribution < -0.4 is 10.4 Å². The number of hydrogen-bond acceptors (Lipinski definition) is 6. The Morgan fingerprint density at radius 3 is 1.76 bits per heavy atom. The van der Waals surface area contributed by atoms with Gasteiger partial charge < -0.3 is 18.2 Å². The number of benzene rings is 2. The molecule has 6 nitrogen and oxygen atoms in total. The number of hydrogen-bond donors (Lipinski definition) is 0. The summed E-state index contributed by atoms with van der Waals surface area (Å²) in [5, 5.41) is 2.34. The molecule has 0 aliphatic heterocycles. The number of rotatable bonds is 12. The highest BCUT2D eigenvalue weighted by molar-refractivity contribution is 7.55. The lowest BCUT2D eigenvalue weighted by atomic mass is 10.2. The number of carbonyl (C=O) groups is 1. The molecule has 0 spiro atoms. The average molecular weight is 493 g/mol. The van der Waals surface area contributed by atoms with Gasteiger partial charge in [0.05, 0.1) is 7.11 Å². The number of methoxy groups -OCH3 is 1. The van der Waals surface area contributed by atoms with E-state index in [2.05, 4.69) is 69.3 Å². The molecule has 0 saturated heterocycles. The second kappa shape index (κ2) is 12.1. The number of unbranched alkanes of at least 4 members (excludes halogenated alkanes) is 1. The zero-order chi connectivity index (χ0) is 24.5. The zero-order valence-electron chi connectivity index (χ0n) is 20.6. The lowest BCUT2D eigenvalue weighted by molar-refractivity contribution is -0.140. The molecule has 8 heteroatoms. The van der Waals surface area contributed by atoms with Crippen LogP contribution >= 0.6 is 7.60 Å². The second-order valence-electron chi connectivity index (χ2n) is 8.95. The van der Waals surface area contributed by atoms with Crippen molar-refractivity contribution < 1.29 is 27.6 Å². The van der Waals surface area contributed by atoms with Crippen molar-refractivity contribution in [1.82, 2.24) is 0 Å². The van der Waals surface area contributed by atoms with Crippen molar-refractivity contribution in [3.05, 3.63) is 60.7 Å². The lowest BCUT2D eigenvalue weighted by Crippen LogP contribution is -2.66. The van der Waals surface area contributed by atoms with Crippen molar-refractivity contribution in [2.45, 2.75) is 50.7 Å². The number of esters is 1. The summed E-state index contributed by atoms with van der Waals surface area (Å²) in [4.78, 5) is 12.2. The van der Waals surface area contributed by atoms with Gasteiger partial charge in [-0.05, 0) is 34.7 Å². The maximum Gasteiger partial charge on any atom is 0.344 e. The van der Waals surface area contributed by atoms with E-state index in [9.17, 15) is 9.36 Å². The molecular formula is C25H37O6PSi. The molecule has 33 heavy (non-hydrogen) atoms. The van der Waals surface area contributed by atoms with Crippen molar-refractivity contribution in [2.75, 3.05) is 27.9 Å². The van der Waals surface area contributed by atoms with Crippen LogP contribution in [0, 0.1) is 0 Å². The lowest BCUT2D eigenvalue weighted by Gasteiger charge is -2.43. The molecule has 0 aliphatic rings. The summed E-state index contributed by atoms with van der Waals surface area (Å²) in [6.07, 6.45) is 1.65. The van der Waals surface area contributed by atoms with E-state index in [4.69, 9.17) is 18.2 Å². The van der Waals surface area contributed by atoms with Crippen LogP contribution in [0.2, 0.25) is 5.04 Å². The van der Waals surface area contributed by atoms with Gasteiger partial charge in [0.15, 0.2) is 5.66 Å². The normalized spacial score (nSPS) is 13.5. The molecule has 1 unspecified atom stereocenters. The molecule has 0 aliphatic carbocycles. The van der Waals surface area contributed by atoms with E-state index >= 15 is 0 Å². The fraction of sp³-hybridized carbons (Fsp3) is 0.480. The summed E-state index contributed by atoms with van der Waals surface area (Å²) in [6.45, 7) is 7.23. The quantitative estimate of drug-likeness (QED) is 0.184. The van der Waals surface area contributed by atoms with Crippen LogP contribution in [0.15, 0.2) is 60.7 Å². The van der Waals surface area contributed by atoms with Crippen molar-refractivity contribution in [1.29, 1.82) is 0 Å². The summed E-state index contributed by atoms with van der Waals surface area (Å²) >= 11 is 0. The predicted octanol–water partition coefficient (Wildman–Crippen LogP) is 4.76. The maximum atomic E-state index is 12.8. The molecule has 0 aromatic heterocycles. The molecule has 1 atom stereocenters. The second-order valence-corrected chi connectivity index (χ2v) is 15.7. The Balaban J connectivity index is 2.22. The smallest absolute Gasteiger partial charge is 0.344 e. The van der Waals surface area contributed by atoms with E-state index in [1.54, 1.807) is 0 Å².